The molecule has 2 heterocycles. The van der Waals surface area contributed by atoms with Crippen LogP contribution in [0.4, 0.5) is 0 Å². The standard InChI is InChI=1S/C16H19N5/c1-13-15(12-20(2)19-13)11-17-10-14-4-6-16(7-5-14)21-9-3-8-18-21/h3-9,12,17H,10-11H2,1-2H3. The Morgan fingerprint density at radius 2 is 1.95 bits per heavy atom. The number of nitrogens with zero attached hydrogens (tertiary/aromatic N) is 4. The Balaban J connectivity index is 1.57. The van der Waals surface area contributed by atoms with Crippen LogP contribution in [-0.4, -0.2) is 19.6 Å². The van der Waals surface area contributed by atoms with Gasteiger partial charge < -0.3 is 5.32 Å². The highest BCUT2D eigenvalue weighted by Crippen LogP contribution is 2.09. The Labute approximate surface area is 124 Å². The smallest absolute Gasteiger partial charge is 0.0645 e. The van der Waals surface area contributed by atoms with Gasteiger partial charge in [0.2, 0.25) is 0 Å². The minimum atomic E-state index is 0.834. The van der Waals surface area contributed by atoms with Crippen LogP contribution >= 0.6 is 0 Å². The maximum Gasteiger partial charge on any atom is 0.0645 e. The third kappa shape index (κ3) is 3.20. The molecule has 0 saturated carbocycles. The van der Waals surface area contributed by atoms with Crippen molar-refractivity contribution in [3.8, 4) is 5.69 Å². The molecule has 0 saturated heterocycles. The lowest BCUT2D eigenvalue weighted by Crippen LogP contribution is -2.13. The number of aryl methyl sites for hydroxylation is 2. The molecule has 5 heteroatoms. The largest absolute Gasteiger partial charge is 0.308 e. The van der Waals surface area contributed by atoms with Crippen LogP contribution in [0.2, 0.25) is 0 Å². The van der Waals surface area contributed by atoms with Crippen LogP contribution in [0.5, 0.6) is 0 Å². The molecule has 0 aliphatic heterocycles. The summed E-state index contributed by atoms with van der Waals surface area (Å²) in [7, 11) is 1.95. The molecule has 0 amide bonds. The Hall–Kier alpha value is -2.40. The monoisotopic (exact) mass is 281 g/mol. The highest BCUT2D eigenvalue weighted by atomic mass is 15.3. The average Bonchev–Trinajstić information content (AvgIpc) is 3.10. The third-order valence-corrected chi connectivity index (χ3v) is 3.46. The molecule has 5 nitrogen and oxygen atoms in total. The fraction of sp³-hybridized carbons (Fsp3) is 0.250. The first kappa shape index (κ1) is 13.6. The Bertz CT molecular complexity index is 695. The molecular weight excluding hydrogens is 262 g/mol. The molecule has 0 bridgehead atoms. The number of aromatic nitrogens is 4. The number of hydrogen-bond acceptors (Lipinski definition) is 3. The highest BCUT2D eigenvalue weighted by Gasteiger charge is 2.02. The second kappa shape index (κ2) is 5.93. The molecule has 0 fully saturated rings. The van der Waals surface area contributed by atoms with Gasteiger partial charge in [-0.2, -0.15) is 10.2 Å². The molecule has 0 spiro atoms. The molecular formula is C16H19N5. The van der Waals surface area contributed by atoms with Crippen LogP contribution in [0, 0.1) is 6.92 Å². The van der Waals surface area contributed by atoms with Crippen molar-refractivity contribution in [2.45, 2.75) is 20.0 Å². The lowest BCUT2D eigenvalue weighted by molar-refractivity contribution is 0.690. The van der Waals surface area contributed by atoms with Crippen molar-refractivity contribution in [1.82, 2.24) is 24.9 Å². The maximum absolute atomic E-state index is 4.34. The molecule has 2 aromatic heterocycles. The van der Waals surface area contributed by atoms with Gasteiger partial charge in [0.25, 0.3) is 0 Å². The normalized spacial score (nSPS) is 11.0. The minimum absolute atomic E-state index is 0.834. The van der Waals surface area contributed by atoms with Gasteiger partial charge in [-0.15, -0.1) is 0 Å². The lowest BCUT2D eigenvalue weighted by Gasteiger charge is -2.06. The molecule has 108 valence electrons. The van der Waals surface area contributed by atoms with Gasteiger partial charge >= 0.3 is 0 Å². The van der Waals surface area contributed by atoms with Gasteiger partial charge in [-0.3, -0.25) is 4.68 Å². The summed E-state index contributed by atoms with van der Waals surface area (Å²) in [4.78, 5) is 0. The summed E-state index contributed by atoms with van der Waals surface area (Å²) in [6.45, 7) is 3.71. The van der Waals surface area contributed by atoms with Crippen molar-refractivity contribution in [3.63, 3.8) is 0 Å². The van der Waals surface area contributed by atoms with E-state index in [1.54, 1.807) is 6.20 Å². The molecule has 0 aliphatic carbocycles. The van der Waals surface area contributed by atoms with Crippen LogP contribution in [0.25, 0.3) is 5.69 Å². The summed E-state index contributed by atoms with van der Waals surface area (Å²) in [5, 5.41) is 12.0. The molecule has 1 aromatic carbocycles. The quantitative estimate of drug-likeness (QED) is 0.780. The predicted molar refractivity (Wildman–Crippen MR) is 82.1 cm³/mol. The Morgan fingerprint density at radius 3 is 2.57 bits per heavy atom. The molecule has 3 rings (SSSR count). The molecule has 3 aromatic rings. The van der Waals surface area contributed by atoms with E-state index in [-0.39, 0.29) is 0 Å². The maximum atomic E-state index is 4.34. The number of benzene rings is 1. The van der Waals surface area contributed by atoms with Crippen molar-refractivity contribution < 1.29 is 0 Å². The Kier molecular flexibility index (Phi) is 3.83. The summed E-state index contributed by atoms with van der Waals surface area (Å²) in [6.07, 6.45) is 5.78. The fourth-order valence-electron chi connectivity index (χ4n) is 2.35. The van der Waals surface area contributed by atoms with Crippen molar-refractivity contribution >= 4 is 0 Å². The van der Waals surface area contributed by atoms with Crippen molar-refractivity contribution in [2.24, 2.45) is 7.05 Å². The zero-order valence-electron chi connectivity index (χ0n) is 12.3. The van der Waals surface area contributed by atoms with Gasteiger partial charge in [-0.25, -0.2) is 4.68 Å². The SMILES string of the molecule is Cc1nn(C)cc1CNCc1ccc(-n2cccn2)cc1. The van der Waals surface area contributed by atoms with Gasteiger partial charge in [-0.05, 0) is 30.7 Å². The van der Waals surface area contributed by atoms with E-state index in [1.165, 1.54) is 11.1 Å². The number of nitrogens with one attached hydrogen (secondary N) is 1. The van der Waals surface area contributed by atoms with Gasteiger partial charge in [0, 0.05) is 44.3 Å². The summed E-state index contributed by atoms with van der Waals surface area (Å²) < 4.78 is 3.71. The van der Waals surface area contributed by atoms with E-state index in [0.29, 0.717) is 0 Å². The minimum Gasteiger partial charge on any atom is -0.308 e. The molecule has 21 heavy (non-hydrogen) atoms. The van der Waals surface area contributed by atoms with E-state index in [1.807, 2.05) is 35.6 Å². The topological polar surface area (TPSA) is 47.7 Å². The summed E-state index contributed by atoms with van der Waals surface area (Å²) >= 11 is 0. The summed E-state index contributed by atoms with van der Waals surface area (Å²) in [5.74, 6) is 0. The number of hydrogen-bond donors (Lipinski definition) is 1. The zero-order valence-corrected chi connectivity index (χ0v) is 12.3. The van der Waals surface area contributed by atoms with Crippen molar-refractivity contribution in [1.29, 1.82) is 0 Å². The number of rotatable bonds is 5. The first-order valence-corrected chi connectivity index (χ1v) is 7.01. The summed E-state index contributed by atoms with van der Waals surface area (Å²) in [6, 6.07) is 10.3. The van der Waals surface area contributed by atoms with E-state index >= 15 is 0 Å². The molecule has 0 radical (unpaired) electrons. The van der Waals surface area contributed by atoms with Crippen LogP contribution in [0.3, 0.4) is 0 Å². The van der Waals surface area contributed by atoms with Crippen LogP contribution in [-0.2, 0) is 20.1 Å². The van der Waals surface area contributed by atoms with Gasteiger partial charge in [0.15, 0.2) is 0 Å². The van der Waals surface area contributed by atoms with Crippen LogP contribution in [0.1, 0.15) is 16.8 Å². The van der Waals surface area contributed by atoms with E-state index in [4.69, 9.17) is 0 Å². The van der Waals surface area contributed by atoms with E-state index in [0.717, 1.165) is 24.5 Å². The van der Waals surface area contributed by atoms with Gasteiger partial charge in [0.05, 0.1) is 11.4 Å². The lowest BCUT2D eigenvalue weighted by atomic mass is 10.2. The fourth-order valence-corrected chi connectivity index (χ4v) is 2.35. The van der Waals surface area contributed by atoms with E-state index < -0.39 is 0 Å². The van der Waals surface area contributed by atoms with Crippen LogP contribution < -0.4 is 5.32 Å². The molecule has 0 atom stereocenters. The molecule has 1 N–H and O–H groups in total. The van der Waals surface area contributed by atoms with Crippen LogP contribution in [0.15, 0.2) is 48.9 Å². The second-order valence-corrected chi connectivity index (χ2v) is 5.13. The van der Waals surface area contributed by atoms with E-state index in [2.05, 4.69) is 46.0 Å². The first-order chi connectivity index (χ1) is 10.2. The molecule has 0 unspecified atom stereocenters. The van der Waals surface area contributed by atoms with Gasteiger partial charge in [-0.1, -0.05) is 12.1 Å². The average molecular weight is 281 g/mol. The highest BCUT2D eigenvalue weighted by molar-refractivity contribution is 5.33. The van der Waals surface area contributed by atoms with Crippen molar-refractivity contribution in [2.75, 3.05) is 0 Å². The zero-order chi connectivity index (χ0) is 14.7. The third-order valence-electron chi connectivity index (χ3n) is 3.46. The first-order valence-electron chi connectivity index (χ1n) is 7.01. The summed E-state index contributed by atoms with van der Waals surface area (Å²) in [5.41, 5.74) is 4.66. The predicted octanol–water partition coefficient (Wildman–Crippen LogP) is 2.20. The van der Waals surface area contributed by atoms with Gasteiger partial charge in [0.1, 0.15) is 0 Å². The second-order valence-electron chi connectivity index (χ2n) is 5.13. The van der Waals surface area contributed by atoms with E-state index in [9.17, 15) is 0 Å². The van der Waals surface area contributed by atoms with Crippen molar-refractivity contribution in [3.05, 3.63) is 65.7 Å². The Morgan fingerprint density at radius 1 is 1.14 bits per heavy atom. The molecule has 0 aliphatic rings.